The maximum absolute atomic E-state index is 5.36. The highest BCUT2D eigenvalue weighted by Gasteiger charge is 2.45. The minimum atomic E-state index is -0.341. The summed E-state index contributed by atoms with van der Waals surface area (Å²) in [6.07, 6.45) is 15.5. The van der Waals surface area contributed by atoms with Gasteiger partial charge in [-0.25, -0.2) is 0 Å². The van der Waals surface area contributed by atoms with Crippen LogP contribution < -0.4 is 36.1 Å². The van der Waals surface area contributed by atoms with Crippen LogP contribution in [0, 0.1) is 0 Å². The molecule has 7 nitrogen and oxygen atoms in total. The lowest BCUT2D eigenvalue weighted by Crippen LogP contribution is -2.38. The van der Waals surface area contributed by atoms with Crippen molar-refractivity contribution in [3.05, 3.63) is 51.8 Å². The van der Waals surface area contributed by atoms with Crippen LogP contribution in [0.2, 0.25) is 0 Å². The molecule has 2 aromatic carbocycles. The van der Waals surface area contributed by atoms with Crippen molar-refractivity contribution in [2.24, 2.45) is 20.0 Å². The number of nitrogens with zero attached hydrogens (tertiary/aromatic N) is 7. The van der Waals surface area contributed by atoms with Gasteiger partial charge in [-0.2, -0.15) is 0 Å². The van der Waals surface area contributed by atoms with Crippen LogP contribution >= 0.6 is 0 Å². The van der Waals surface area contributed by atoms with E-state index in [1.54, 1.807) is 0 Å². The number of rotatable bonds is 3. The van der Waals surface area contributed by atoms with Crippen molar-refractivity contribution >= 4 is 17.1 Å². The van der Waals surface area contributed by atoms with E-state index in [2.05, 4.69) is 45.0 Å². The standard InChI is InChI=1S/C33H43N7/c1-4-16-38(17-5-1)25-10-11-26-27(22-25)35-32(34-26)12-14-33(15-13-32)36-28-23-30(39-18-6-2-7-19-39)31(24-29(28)37-33)40-20-8-3-9-21-40/h10-11,22-24H,1-9,12-21H2. The Kier molecular flexibility index (Phi) is 6.11. The molecule has 5 aliphatic heterocycles. The molecule has 1 aliphatic carbocycles. The van der Waals surface area contributed by atoms with Crippen molar-refractivity contribution in [3.63, 3.8) is 0 Å². The molecule has 2 spiro atoms. The molecule has 0 aromatic heterocycles. The van der Waals surface area contributed by atoms with Crippen LogP contribution in [0.15, 0.2) is 50.3 Å². The second kappa shape index (κ2) is 9.85. The van der Waals surface area contributed by atoms with Gasteiger partial charge in [0.25, 0.3) is 0 Å². The lowest BCUT2D eigenvalue weighted by Gasteiger charge is -2.36. The fourth-order valence-corrected chi connectivity index (χ4v) is 8.00. The van der Waals surface area contributed by atoms with Crippen LogP contribution in [0.3, 0.4) is 0 Å². The van der Waals surface area contributed by atoms with E-state index in [1.165, 1.54) is 74.8 Å². The van der Waals surface area contributed by atoms with E-state index in [-0.39, 0.29) is 11.3 Å². The molecule has 3 saturated heterocycles. The number of benzene rings is 2. The monoisotopic (exact) mass is 537 g/mol. The molecule has 40 heavy (non-hydrogen) atoms. The summed E-state index contributed by atoms with van der Waals surface area (Å²) in [5.74, 6) is 0. The molecule has 8 rings (SSSR count). The van der Waals surface area contributed by atoms with Crippen LogP contribution in [0.5, 0.6) is 0 Å². The van der Waals surface area contributed by atoms with E-state index < -0.39 is 0 Å². The zero-order valence-electron chi connectivity index (χ0n) is 24.0. The summed E-state index contributed by atoms with van der Waals surface area (Å²) in [4.78, 5) is 28.9. The first kappa shape index (κ1) is 24.8. The van der Waals surface area contributed by atoms with E-state index in [4.69, 9.17) is 20.0 Å². The second-order valence-electron chi connectivity index (χ2n) is 13.1. The fraction of sp³-hybridized carbons (Fsp3) is 0.636. The average molecular weight is 538 g/mol. The maximum atomic E-state index is 5.36. The molecule has 0 amide bonds. The van der Waals surface area contributed by atoms with Gasteiger partial charge in [0.1, 0.15) is 0 Å². The quantitative estimate of drug-likeness (QED) is 0.598. The van der Waals surface area contributed by atoms with E-state index in [1.807, 2.05) is 0 Å². The van der Waals surface area contributed by atoms with Crippen molar-refractivity contribution in [1.82, 2.24) is 0 Å². The lowest BCUT2D eigenvalue weighted by atomic mass is 9.83. The highest BCUT2D eigenvalue weighted by Crippen LogP contribution is 2.42. The third kappa shape index (κ3) is 4.40. The zero-order valence-corrected chi connectivity index (χ0v) is 24.0. The fourth-order valence-electron chi connectivity index (χ4n) is 8.00. The lowest BCUT2D eigenvalue weighted by molar-refractivity contribution is 0.215. The minimum absolute atomic E-state index is 0.328. The highest BCUT2D eigenvalue weighted by atomic mass is 15.2. The topological polar surface area (TPSA) is 59.2 Å². The molecule has 210 valence electrons. The molecule has 0 bridgehead atoms. The molecule has 4 fully saturated rings. The first-order chi connectivity index (χ1) is 19.7. The van der Waals surface area contributed by atoms with Gasteiger partial charge < -0.3 is 14.7 Å². The van der Waals surface area contributed by atoms with Gasteiger partial charge in [-0.05, 0) is 114 Å². The van der Waals surface area contributed by atoms with Gasteiger partial charge in [0.15, 0.2) is 11.3 Å². The van der Waals surface area contributed by atoms with Crippen LogP contribution in [-0.2, 0) is 0 Å². The van der Waals surface area contributed by atoms with Gasteiger partial charge in [0.05, 0.1) is 32.8 Å². The van der Waals surface area contributed by atoms with Crippen LogP contribution in [0.1, 0.15) is 83.5 Å². The third-order valence-electron chi connectivity index (χ3n) is 10.3. The zero-order chi connectivity index (χ0) is 26.6. The minimum Gasteiger partial charge on any atom is -0.371 e. The Bertz CT molecular complexity index is 1460. The Morgan fingerprint density at radius 3 is 1.30 bits per heavy atom. The maximum Gasteiger partial charge on any atom is 0.151 e. The SMILES string of the molecule is c1cc2c(cc1N1CCCCC1)=NC1(CCC3(CC1)N=c1cc(N4CCCCC4)c(N4CCCCC4)cc1=N3)N=2. The van der Waals surface area contributed by atoms with Crippen LogP contribution in [-0.4, -0.2) is 50.6 Å². The van der Waals surface area contributed by atoms with E-state index in [0.717, 1.165) is 86.4 Å². The van der Waals surface area contributed by atoms with Crippen LogP contribution in [0.25, 0.3) is 0 Å². The van der Waals surface area contributed by atoms with Gasteiger partial charge in [0.2, 0.25) is 0 Å². The van der Waals surface area contributed by atoms with E-state index in [0.29, 0.717) is 0 Å². The molecule has 0 unspecified atom stereocenters. The van der Waals surface area contributed by atoms with Crippen molar-refractivity contribution in [2.45, 2.75) is 94.8 Å². The Hall–Kier alpha value is -2.96. The van der Waals surface area contributed by atoms with Gasteiger partial charge >= 0.3 is 0 Å². The first-order valence-electron chi connectivity index (χ1n) is 16.2. The molecule has 6 aliphatic rings. The molecule has 0 atom stereocenters. The Morgan fingerprint density at radius 2 is 0.825 bits per heavy atom. The van der Waals surface area contributed by atoms with Gasteiger partial charge in [-0.3, -0.25) is 20.0 Å². The van der Waals surface area contributed by atoms with Crippen molar-refractivity contribution in [3.8, 4) is 0 Å². The summed E-state index contributed by atoms with van der Waals surface area (Å²) in [7, 11) is 0. The van der Waals surface area contributed by atoms with Gasteiger partial charge in [-0.15, -0.1) is 0 Å². The average Bonchev–Trinajstić information content (AvgIpc) is 3.56. The van der Waals surface area contributed by atoms with Gasteiger partial charge in [-0.1, -0.05) is 0 Å². The van der Waals surface area contributed by atoms with E-state index >= 15 is 0 Å². The number of piperidine rings is 3. The summed E-state index contributed by atoms with van der Waals surface area (Å²) in [6, 6.07) is 11.5. The summed E-state index contributed by atoms with van der Waals surface area (Å²) in [5.41, 5.74) is 3.43. The molecule has 2 aromatic rings. The molecular weight excluding hydrogens is 494 g/mol. The van der Waals surface area contributed by atoms with Crippen molar-refractivity contribution in [2.75, 3.05) is 54.0 Å². The predicted molar refractivity (Wildman–Crippen MR) is 160 cm³/mol. The first-order valence-corrected chi connectivity index (χ1v) is 16.2. The Morgan fingerprint density at radius 1 is 0.425 bits per heavy atom. The summed E-state index contributed by atoms with van der Waals surface area (Å²) >= 11 is 0. The summed E-state index contributed by atoms with van der Waals surface area (Å²) in [5, 5.41) is 4.36. The number of anilines is 3. The predicted octanol–water partition coefficient (Wildman–Crippen LogP) is 3.83. The molecule has 1 saturated carbocycles. The third-order valence-corrected chi connectivity index (χ3v) is 10.3. The van der Waals surface area contributed by atoms with E-state index in [9.17, 15) is 0 Å². The number of hydrogen-bond acceptors (Lipinski definition) is 7. The highest BCUT2D eigenvalue weighted by molar-refractivity contribution is 5.71. The normalized spacial score (nSPS) is 24.6. The van der Waals surface area contributed by atoms with Gasteiger partial charge in [0, 0.05) is 45.0 Å². The second-order valence-corrected chi connectivity index (χ2v) is 13.1. The Balaban J connectivity index is 1.07. The number of hydrogen-bond donors (Lipinski definition) is 0. The molecule has 7 heteroatoms. The van der Waals surface area contributed by atoms with Crippen molar-refractivity contribution in [1.29, 1.82) is 0 Å². The largest absolute Gasteiger partial charge is 0.371 e. The number of fused-ring (bicyclic) bond motifs is 2. The molecule has 0 radical (unpaired) electrons. The Labute approximate surface area is 237 Å². The van der Waals surface area contributed by atoms with Crippen LogP contribution in [0.4, 0.5) is 17.1 Å². The molecule has 0 N–H and O–H groups in total. The van der Waals surface area contributed by atoms with Crippen molar-refractivity contribution < 1.29 is 0 Å². The molecular formula is C33H43N7. The summed E-state index contributed by atoms with van der Waals surface area (Å²) < 4.78 is 0. The summed E-state index contributed by atoms with van der Waals surface area (Å²) in [6.45, 7) is 6.96. The molecule has 5 heterocycles. The smallest absolute Gasteiger partial charge is 0.151 e.